The topological polar surface area (TPSA) is 55.1 Å². The zero-order valence-corrected chi connectivity index (χ0v) is 11.1. The van der Waals surface area contributed by atoms with Crippen molar-refractivity contribution < 1.29 is 4.79 Å². The zero-order valence-electron chi connectivity index (χ0n) is 11.1. The Hall–Kier alpha value is -1.51. The number of nitrogen functional groups attached to an aromatic ring is 1. The van der Waals surface area contributed by atoms with Gasteiger partial charge in [-0.15, -0.1) is 0 Å². The molecule has 1 rings (SSSR count). The lowest BCUT2D eigenvalue weighted by Gasteiger charge is -2.13. The van der Waals surface area contributed by atoms with Crippen molar-refractivity contribution in [3.05, 3.63) is 23.3 Å². The second-order valence-electron chi connectivity index (χ2n) is 4.95. The summed E-state index contributed by atoms with van der Waals surface area (Å²) in [6.45, 7) is 8.14. The van der Waals surface area contributed by atoms with Crippen LogP contribution in [-0.4, -0.2) is 5.91 Å². The average molecular weight is 234 g/mol. The molecule has 17 heavy (non-hydrogen) atoms. The van der Waals surface area contributed by atoms with E-state index >= 15 is 0 Å². The molecule has 1 aromatic carbocycles. The quantitative estimate of drug-likeness (QED) is 0.786. The maximum atomic E-state index is 11.8. The summed E-state index contributed by atoms with van der Waals surface area (Å²) in [7, 11) is 0. The highest BCUT2D eigenvalue weighted by Crippen LogP contribution is 2.25. The van der Waals surface area contributed by atoms with E-state index in [0.29, 0.717) is 12.3 Å². The molecular weight excluding hydrogens is 212 g/mol. The molecular formula is C14H22N2O. The molecule has 94 valence electrons. The van der Waals surface area contributed by atoms with Crippen molar-refractivity contribution in [2.45, 2.75) is 40.5 Å². The van der Waals surface area contributed by atoms with Crippen LogP contribution in [0.2, 0.25) is 0 Å². The van der Waals surface area contributed by atoms with E-state index in [1.807, 2.05) is 26.0 Å². The Kier molecular flexibility index (Phi) is 4.55. The van der Waals surface area contributed by atoms with Gasteiger partial charge in [0.15, 0.2) is 0 Å². The van der Waals surface area contributed by atoms with Crippen LogP contribution in [0.5, 0.6) is 0 Å². The number of carbonyl (C=O) groups is 1. The fourth-order valence-electron chi connectivity index (χ4n) is 1.68. The van der Waals surface area contributed by atoms with Gasteiger partial charge < -0.3 is 11.1 Å². The van der Waals surface area contributed by atoms with E-state index in [1.165, 1.54) is 0 Å². The minimum atomic E-state index is 0.0653. The first kappa shape index (κ1) is 13.6. The number of benzene rings is 1. The summed E-state index contributed by atoms with van der Waals surface area (Å²) >= 11 is 0. The van der Waals surface area contributed by atoms with Crippen molar-refractivity contribution in [1.82, 2.24) is 0 Å². The molecule has 3 nitrogen and oxygen atoms in total. The van der Waals surface area contributed by atoms with E-state index in [2.05, 4.69) is 19.2 Å². The zero-order chi connectivity index (χ0) is 13.0. The molecule has 1 aromatic rings. The molecule has 0 saturated carbocycles. The number of aryl methyl sites for hydroxylation is 1. The van der Waals surface area contributed by atoms with E-state index in [0.717, 1.165) is 28.9 Å². The maximum Gasteiger partial charge on any atom is 0.224 e. The summed E-state index contributed by atoms with van der Waals surface area (Å²) in [4.78, 5) is 11.8. The highest BCUT2D eigenvalue weighted by Gasteiger charge is 2.09. The van der Waals surface area contributed by atoms with Crippen molar-refractivity contribution in [1.29, 1.82) is 0 Å². The Morgan fingerprint density at radius 3 is 2.59 bits per heavy atom. The number of nitrogens with one attached hydrogen (secondary N) is 1. The van der Waals surface area contributed by atoms with Crippen LogP contribution in [0, 0.1) is 19.8 Å². The molecule has 0 aromatic heterocycles. The third-order valence-corrected chi connectivity index (χ3v) is 2.93. The third-order valence-electron chi connectivity index (χ3n) is 2.93. The Morgan fingerprint density at radius 1 is 1.35 bits per heavy atom. The largest absolute Gasteiger partial charge is 0.398 e. The number of nitrogens with two attached hydrogens (primary N) is 1. The normalized spacial score (nSPS) is 10.6. The summed E-state index contributed by atoms with van der Waals surface area (Å²) in [6.07, 6.45) is 1.47. The number of rotatable bonds is 4. The van der Waals surface area contributed by atoms with Crippen LogP contribution in [0.25, 0.3) is 0 Å². The van der Waals surface area contributed by atoms with E-state index in [9.17, 15) is 4.79 Å². The number of hydrogen-bond acceptors (Lipinski definition) is 2. The Balaban J connectivity index is 2.74. The minimum Gasteiger partial charge on any atom is -0.398 e. The maximum absolute atomic E-state index is 11.8. The van der Waals surface area contributed by atoms with Crippen LogP contribution in [-0.2, 0) is 4.79 Å². The molecule has 3 heteroatoms. The summed E-state index contributed by atoms with van der Waals surface area (Å²) in [5.41, 5.74) is 9.41. The van der Waals surface area contributed by atoms with Gasteiger partial charge in [0, 0.05) is 17.8 Å². The van der Waals surface area contributed by atoms with Crippen LogP contribution in [0.15, 0.2) is 12.1 Å². The number of hydrogen-bond donors (Lipinski definition) is 2. The third kappa shape index (κ3) is 3.77. The number of anilines is 2. The molecule has 0 atom stereocenters. The fraction of sp³-hybridized carbons (Fsp3) is 0.500. The molecule has 0 spiro atoms. The van der Waals surface area contributed by atoms with Gasteiger partial charge in [-0.3, -0.25) is 4.79 Å². The molecule has 1 amide bonds. The van der Waals surface area contributed by atoms with Crippen molar-refractivity contribution in [3.63, 3.8) is 0 Å². The fourth-order valence-corrected chi connectivity index (χ4v) is 1.68. The highest BCUT2D eigenvalue weighted by molar-refractivity contribution is 5.93. The molecule has 0 bridgehead atoms. The summed E-state index contributed by atoms with van der Waals surface area (Å²) in [6, 6.07) is 3.80. The second kappa shape index (κ2) is 5.71. The molecule has 0 radical (unpaired) electrons. The lowest BCUT2D eigenvalue weighted by molar-refractivity contribution is -0.116. The van der Waals surface area contributed by atoms with E-state index in [-0.39, 0.29) is 5.91 Å². The van der Waals surface area contributed by atoms with E-state index in [4.69, 9.17) is 5.73 Å². The lowest BCUT2D eigenvalue weighted by Crippen LogP contribution is -2.14. The van der Waals surface area contributed by atoms with Crippen LogP contribution in [0.3, 0.4) is 0 Å². The van der Waals surface area contributed by atoms with Gasteiger partial charge in [-0.2, -0.15) is 0 Å². The first-order chi connectivity index (χ1) is 7.91. The molecule has 0 fully saturated rings. The molecule has 0 unspecified atom stereocenters. The summed E-state index contributed by atoms with van der Waals surface area (Å²) in [5.74, 6) is 0.610. The van der Waals surface area contributed by atoms with Gasteiger partial charge in [0.05, 0.1) is 0 Å². The van der Waals surface area contributed by atoms with Gasteiger partial charge in [0.2, 0.25) is 5.91 Å². The van der Waals surface area contributed by atoms with Gasteiger partial charge >= 0.3 is 0 Å². The van der Waals surface area contributed by atoms with Crippen molar-refractivity contribution in [2.24, 2.45) is 5.92 Å². The average Bonchev–Trinajstić information content (AvgIpc) is 2.27. The van der Waals surface area contributed by atoms with E-state index in [1.54, 1.807) is 0 Å². The minimum absolute atomic E-state index is 0.0653. The predicted octanol–water partition coefficient (Wildman–Crippen LogP) is 3.26. The first-order valence-corrected chi connectivity index (χ1v) is 6.07. The van der Waals surface area contributed by atoms with Crippen LogP contribution >= 0.6 is 0 Å². The van der Waals surface area contributed by atoms with E-state index < -0.39 is 0 Å². The predicted molar refractivity (Wildman–Crippen MR) is 73.0 cm³/mol. The summed E-state index contributed by atoms with van der Waals surface area (Å²) < 4.78 is 0. The van der Waals surface area contributed by atoms with Crippen molar-refractivity contribution in [3.8, 4) is 0 Å². The van der Waals surface area contributed by atoms with Gasteiger partial charge in [0.25, 0.3) is 0 Å². The Labute approximate surface area is 103 Å². The Bertz CT molecular complexity index is 411. The van der Waals surface area contributed by atoms with Gasteiger partial charge in [0.1, 0.15) is 0 Å². The van der Waals surface area contributed by atoms with Crippen molar-refractivity contribution >= 4 is 17.3 Å². The summed E-state index contributed by atoms with van der Waals surface area (Å²) in [5, 5.41) is 2.96. The molecule has 3 N–H and O–H groups in total. The monoisotopic (exact) mass is 234 g/mol. The molecule has 0 aliphatic carbocycles. The van der Waals surface area contributed by atoms with Crippen molar-refractivity contribution in [2.75, 3.05) is 11.1 Å². The first-order valence-electron chi connectivity index (χ1n) is 6.07. The Morgan fingerprint density at radius 2 is 2.00 bits per heavy atom. The molecule has 0 saturated heterocycles. The molecule has 0 aliphatic heterocycles. The van der Waals surface area contributed by atoms with Gasteiger partial charge in [-0.25, -0.2) is 0 Å². The van der Waals surface area contributed by atoms with Gasteiger partial charge in [-0.1, -0.05) is 19.9 Å². The number of carbonyl (C=O) groups excluding carboxylic acids is 1. The molecule has 0 aliphatic rings. The smallest absolute Gasteiger partial charge is 0.224 e. The van der Waals surface area contributed by atoms with Crippen LogP contribution in [0.1, 0.15) is 37.8 Å². The SMILES string of the molecule is Cc1ccc(N)c(C)c1NC(=O)CCC(C)C. The van der Waals surface area contributed by atoms with Gasteiger partial charge in [-0.05, 0) is 43.4 Å². The van der Waals surface area contributed by atoms with Crippen LogP contribution in [0.4, 0.5) is 11.4 Å². The highest BCUT2D eigenvalue weighted by atomic mass is 16.1. The molecule has 0 heterocycles. The van der Waals surface area contributed by atoms with Crippen LogP contribution < -0.4 is 11.1 Å². The lowest BCUT2D eigenvalue weighted by atomic mass is 10.1. The number of amides is 1. The second-order valence-corrected chi connectivity index (χ2v) is 4.95. The standard InChI is InChI=1S/C14H22N2O/c1-9(2)5-8-13(17)16-14-10(3)6-7-12(15)11(14)4/h6-7,9H,5,8,15H2,1-4H3,(H,16,17).